The second-order valence-electron chi connectivity index (χ2n) is 6.27. The molecular weight excluding hydrogens is 364 g/mol. The first-order valence-electron chi connectivity index (χ1n) is 8.99. The van der Waals surface area contributed by atoms with Crippen LogP contribution in [0.4, 0.5) is 0 Å². The molecule has 0 saturated carbocycles. The van der Waals surface area contributed by atoms with Gasteiger partial charge in [0.15, 0.2) is 14.7 Å². The maximum absolute atomic E-state index is 2.36. The summed E-state index contributed by atoms with van der Waals surface area (Å²) in [5.41, 5.74) is 1.32. The monoisotopic (exact) mass is 385 g/mol. The maximum Gasteiger partial charge on any atom is 0.166 e. The van der Waals surface area contributed by atoms with Gasteiger partial charge in [0.1, 0.15) is 0 Å². The topological polar surface area (TPSA) is 0 Å². The lowest BCUT2D eigenvalue weighted by molar-refractivity contribution is 1.21. The van der Waals surface area contributed by atoms with Gasteiger partial charge in [-0.05, 0) is 67.1 Å². The van der Waals surface area contributed by atoms with E-state index in [1.165, 1.54) is 30.0 Å². The van der Waals surface area contributed by atoms with Crippen molar-refractivity contribution in [3.8, 4) is 0 Å². The van der Waals surface area contributed by atoms with E-state index in [9.17, 15) is 0 Å². The van der Waals surface area contributed by atoms with Crippen LogP contribution in [-0.2, 0) is 10.9 Å². The van der Waals surface area contributed by atoms with Crippen LogP contribution in [0.3, 0.4) is 0 Å². The van der Waals surface area contributed by atoms with Crippen molar-refractivity contribution in [2.75, 3.05) is 0 Å². The summed E-state index contributed by atoms with van der Waals surface area (Å²) in [6.07, 6.45) is 0. The highest BCUT2D eigenvalue weighted by Crippen LogP contribution is 2.35. The van der Waals surface area contributed by atoms with Crippen LogP contribution >= 0.6 is 11.8 Å². The Kier molecular flexibility index (Phi) is 5.66. The molecule has 4 aromatic rings. The fourth-order valence-corrected chi connectivity index (χ4v) is 6.08. The van der Waals surface area contributed by atoms with Gasteiger partial charge in [-0.1, -0.05) is 66.4 Å². The van der Waals surface area contributed by atoms with Crippen LogP contribution in [0.25, 0.3) is 0 Å². The number of hydrogen-bond acceptors (Lipinski definition) is 1. The molecule has 0 unspecified atom stereocenters. The number of hydrogen-bond donors (Lipinski definition) is 0. The number of aryl methyl sites for hydroxylation is 1. The molecule has 0 nitrogen and oxygen atoms in total. The minimum atomic E-state index is -0.0889. The van der Waals surface area contributed by atoms with Gasteiger partial charge in [-0.2, -0.15) is 0 Å². The first-order chi connectivity index (χ1) is 13.3. The Labute approximate surface area is 168 Å². The predicted octanol–water partition coefficient (Wildman–Crippen LogP) is 7.24. The van der Waals surface area contributed by atoms with Gasteiger partial charge in [0, 0.05) is 9.79 Å². The molecule has 132 valence electrons. The van der Waals surface area contributed by atoms with E-state index in [2.05, 4.69) is 116 Å². The molecule has 0 heterocycles. The van der Waals surface area contributed by atoms with Gasteiger partial charge in [-0.25, -0.2) is 0 Å². The van der Waals surface area contributed by atoms with Gasteiger partial charge >= 0.3 is 0 Å². The number of benzene rings is 4. The molecule has 27 heavy (non-hydrogen) atoms. The van der Waals surface area contributed by atoms with Crippen molar-refractivity contribution in [3.05, 3.63) is 115 Å². The van der Waals surface area contributed by atoms with Gasteiger partial charge in [-0.15, -0.1) is 0 Å². The summed E-state index contributed by atoms with van der Waals surface area (Å²) in [6, 6.07) is 39.1. The molecule has 0 atom stereocenters. The zero-order valence-corrected chi connectivity index (χ0v) is 16.8. The molecule has 0 bridgehead atoms. The Morgan fingerprint density at radius 2 is 1.07 bits per heavy atom. The van der Waals surface area contributed by atoms with Crippen molar-refractivity contribution in [1.29, 1.82) is 0 Å². The van der Waals surface area contributed by atoms with Crippen LogP contribution in [0.1, 0.15) is 5.56 Å². The van der Waals surface area contributed by atoms with E-state index in [1.54, 1.807) is 0 Å². The summed E-state index contributed by atoms with van der Waals surface area (Å²) in [5, 5.41) is 0. The van der Waals surface area contributed by atoms with Crippen molar-refractivity contribution in [2.45, 2.75) is 31.4 Å². The van der Waals surface area contributed by atoms with E-state index < -0.39 is 0 Å². The van der Waals surface area contributed by atoms with Crippen LogP contribution in [0.2, 0.25) is 0 Å². The Hall–Kier alpha value is -2.42. The highest BCUT2D eigenvalue weighted by Gasteiger charge is 2.28. The third-order valence-electron chi connectivity index (χ3n) is 4.31. The minimum absolute atomic E-state index is 0.0889. The van der Waals surface area contributed by atoms with Crippen LogP contribution < -0.4 is 0 Å². The van der Waals surface area contributed by atoms with Gasteiger partial charge in [0.05, 0.1) is 10.9 Å². The molecule has 0 amide bonds. The van der Waals surface area contributed by atoms with Crippen molar-refractivity contribution in [1.82, 2.24) is 0 Å². The average Bonchev–Trinajstić information content (AvgIpc) is 2.73. The lowest BCUT2D eigenvalue weighted by atomic mass is 10.2. The average molecular weight is 386 g/mol. The third-order valence-corrected chi connectivity index (χ3v) is 7.71. The molecule has 0 fully saturated rings. The largest absolute Gasteiger partial charge is 0.166 e. The van der Waals surface area contributed by atoms with Crippen molar-refractivity contribution >= 4 is 22.7 Å². The second kappa shape index (κ2) is 8.51. The van der Waals surface area contributed by atoms with Gasteiger partial charge in [-0.3, -0.25) is 0 Å². The van der Waals surface area contributed by atoms with Crippen molar-refractivity contribution in [3.63, 3.8) is 0 Å². The number of rotatable bonds is 5. The van der Waals surface area contributed by atoms with Gasteiger partial charge in [0.25, 0.3) is 0 Å². The van der Waals surface area contributed by atoms with Crippen molar-refractivity contribution in [2.24, 2.45) is 0 Å². The Morgan fingerprint density at radius 3 is 1.59 bits per heavy atom. The fourth-order valence-electron chi connectivity index (χ4n) is 3.00. The SMILES string of the molecule is Cc1cc([S+](c2ccccc2)c2ccccc2)ccc1Sc1ccccc1. The molecule has 0 N–H and O–H groups in total. The second-order valence-corrected chi connectivity index (χ2v) is 9.42. The fraction of sp³-hybridized carbons (Fsp3) is 0.0400. The van der Waals surface area contributed by atoms with Gasteiger partial charge in [0.2, 0.25) is 0 Å². The molecule has 0 radical (unpaired) electrons. The van der Waals surface area contributed by atoms with E-state index in [-0.39, 0.29) is 10.9 Å². The highest BCUT2D eigenvalue weighted by atomic mass is 32.2. The van der Waals surface area contributed by atoms with Crippen LogP contribution in [0.5, 0.6) is 0 Å². The van der Waals surface area contributed by atoms with Crippen molar-refractivity contribution < 1.29 is 0 Å². The van der Waals surface area contributed by atoms with E-state index >= 15 is 0 Å². The lowest BCUT2D eigenvalue weighted by Gasteiger charge is -2.11. The molecule has 0 saturated heterocycles. The molecular formula is C25H21S2+. The summed E-state index contributed by atoms with van der Waals surface area (Å²) >= 11 is 1.83. The highest BCUT2D eigenvalue weighted by molar-refractivity contribution is 7.99. The molecule has 0 aliphatic heterocycles. The quantitative estimate of drug-likeness (QED) is 0.326. The summed E-state index contributed by atoms with van der Waals surface area (Å²) in [5.74, 6) is 0. The molecule has 0 aliphatic rings. The summed E-state index contributed by atoms with van der Waals surface area (Å²) < 4.78 is 0. The Morgan fingerprint density at radius 1 is 0.556 bits per heavy atom. The molecule has 4 rings (SSSR count). The lowest BCUT2D eigenvalue weighted by Crippen LogP contribution is -2.05. The molecule has 0 aliphatic carbocycles. The maximum atomic E-state index is 2.36. The summed E-state index contributed by atoms with van der Waals surface area (Å²) in [4.78, 5) is 6.66. The Balaban J connectivity index is 1.72. The van der Waals surface area contributed by atoms with E-state index in [0.29, 0.717) is 0 Å². The van der Waals surface area contributed by atoms with E-state index in [1.807, 2.05) is 11.8 Å². The van der Waals surface area contributed by atoms with Crippen LogP contribution in [-0.4, -0.2) is 0 Å². The zero-order valence-electron chi connectivity index (χ0n) is 15.2. The predicted molar refractivity (Wildman–Crippen MR) is 117 cm³/mol. The molecule has 0 spiro atoms. The Bertz CT molecular complexity index is 957. The van der Waals surface area contributed by atoms with Crippen LogP contribution in [0.15, 0.2) is 134 Å². The summed E-state index contributed by atoms with van der Waals surface area (Å²) in [6.45, 7) is 2.21. The smallest absolute Gasteiger partial charge is 0.0898 e. The first kappa shape index (κ1) is 18.0. The standard InChI is InChI=1S/C25H21S2/c1-20-19-24(17-18-25(20)26-21-11-5-2-6-12-21)27(22-13-7-3-8-14-22)23-15-9-4-10-16-23/h2-19H,1H3/q+1. The first-order valence-corrected chi connectivity index (χ1v) is 11.0. The van der Waals surface area contributed by atoms with Gasteiger partial charge < -0.3 is 0 Å². The van der Waals surface area contributed by atoms with E-state index in [4.69, 9.17) is 0 Å². The third kappa shape index (κ3) is 4.29. The minimum Gasteiger partial charge on any atom is -0.0898 e. The normalized spacial score (nSPS) is 10.9. The zero-order chi connectivity index (χ0) is 18.5. The van der Waals surface area contributed by atoms with Crippen LogP contribution in [0, 0.1) is 6.92 Å². The summed E-state index contributed by atoms with van der Waals surface area (Å²) in [7, 11) is -0.0889. The van der Waals surface area contributed by atoms with E-state index in [0.717, 1.165) is 0 Å². The molecule has 2 heteroatoms. The molecule has 4 aromatic carbocycles. The molecule has 0 aromatic heterocycles.